The second-order valence-corrected chi connectivity index (χ2v) is 4.30. The van der Waals surface area contributed by atoms with Crippen LogP contribution in [0.3, 0.4) is 0 Å². The lowest BCUT2D eigenvalue weighted by Gasteiger charge is -2.01. The van der Waals surface area contributed by atoms with Crippen LogP contribution >= 0.6 is 11.8 Å². The highest BCUT2D eigenvalue weighted by molar-refractivity contribution is 7.99. The number of nitrogens with two attached hydrogens (primary N) is 1. The van der Waals surface area contributed by atoms with Crippen molar-refractivity contribution in [2.24, 2.45) is 10.9 Å². The van der Waals surface area contributed by atoms with Gasteiger partial charge in [-0.2, -0.15) is 0 Å². The van der Waals surface area contributed by atoms with Crippen molar-refractivity contribution < 1.29 is 5.21 Å². The van der Waals surface area contributed by atoms with Crippen LogP contribution < -0.4 is 5.73 Å². The van der Waals surface area contributed by atoms with Gasteiger partial charge in [-0.3, -0.25) is 0 Å². The van der Waals surface area contributed by atoms with E-state index in [1.165, 1.54) is 24.2 Å². The minimum atomic E-state index is -0.0779. The molecule has 0 saturated heterocycles. The summed E-state index contributed by atoms with van der Waals surface area (Å²) in [5.41, 5.74) is 6.58. The highest BCUT2D eigenvalue weighted by atomic mass is 32.2. The molecule has 0 aromatic carbocycles. The first kappa shape index (κ1) is 12.2. The highest BCUT2D eigenvalue weighted by Crippen LogP contribution is 2.21. The van der Waals surface area contributed by atoms with Crippen LogP contribution in [0.2, 0.25) is 0 Å². The van der Waals surface area contributed by atoms with Crippen molar-refractivity contribution in [2.45, 2.75) is 17.1 Å². The predicted octanol–water partition coefficient (Wildman–Crippen LogP) is 0.821. The van der Waals surface area contributed by atoms with Crippen molar-refractivity contribution in [2.75, 3.05) is 0 Å². The molecule has 0 fully saturated rings. The molecule has 18 heavy (non-hydrogen) atoms. The molecule has 0 aliphatic rings. The van der Waals surface area contributed by atoms with Gasteiger partial charge in [0.05, 0.1) is 12.4 Å². The molecule has 0 unspecified atom stereocenters. The minimum absolute atomic E-state index is 0.0779. The summed E-state index contributed by atoms with van der Waals surface area (Å²) in [5, 5.41) is 12.6. The Bertz CT molecular complexity index is 571. The van der Waals surface area contributed by atoms with Crippen LogP contribution in [0.25, 0.3) is 0 Å². The molecular formula is C10H10N6OS. The number of rotatable bonds is 3. The van der Waals surface area contributed by atoms with E-state index in [-0.39, 0.29) is 5.84 Å². The van der Waals surface area contributed by atoms with Gasteiger partial charge < -0.3 is 10.9 Å². The number of hydrogen-bond donors (Lipinski definition) is 2. The molecule has 2 rings (SSSR count). The lowest BCUT2D eigenvalue weighted by atomic mass is 10.4. The zero-order valence-electron chi connectivity index (χ0n) is 9.48. The fourth-order valence-corrected chi connectivity index (χ4v) is 1.82. The first-order valence-electron chi connectivity index (χ1n) is 4.96. The molecule has 7 nitrogen and oxygen atoms in total. The average Bonchev–Trinajstić information content (AvgIpc) is 2.39. The van der Waals surface area contributed by atoms with Gasteiger partial charge in [-0.1, -0.05) is 5.16 Å². The van der Waals surface area contributed by atoms with Crippen molar-refractivity contribution in [3.05, 3.63) is 36.0 Å². The van der Waals surface area contributed by atoms with Crippen LogP contribution in [-0.4, -0.2) is 31.0 Å². The third-order valence-electron chi connectivity index (χ3n) is 1.97. The summed E-state index contributed by atoms with van der Waals surface area (Å²) in [7, 11) is 0. The van der Waals surface area contributed by atoms with Crippen LogP contribution in [0.4, 0.5) is 0 Å². The van der Waals surface area contributed by atoms with Crippen molar-refractivity contribution >= 4 is 17.6 Å². The molecule has 0 saturated carbocycles. The second-order valence-electron chi connectivity index (χ2n) is 3.31. The molecular weight excluding hydrogens is 252 g/mol. The van der Waals surface area contributed by atoms with E-state index in [1.807, 2.05) is 13.0 Å². The third kappa shape index (κ3) is 2.92. The summed E-state index contributed by atoms with van der Waals surface area (Å²) in [6.07, 6.45) is 4.62. The summed E-state index contributed by atoms with van der Waals surface area (Å²) in [6.45, 7) is 1.89. The van der Waals surface area contributed by atoms with Gasteiger partial charge in [0, 0.05) is 11.9 Å². The fourth-order valence-electron chi connectivity index (χ4n) is 1.12. The molecule has 0 bridgehead atoms. The monoisotopic (exact) mass is 262 g/mol. The van der Waals surface area contributed by atoms with E-state index in [2.05, 4.69) is 25.1 Å². The molecule has 8 heteroatoms. The lowest BCUT2D eigenvalue weighted by molar-refractivity contribution is 0.318. The maximum Gasteiger partial charge on any atom is 0.194 e. The number of nitrogens with zero attached hydrogens (tertiary/aromatic N) is 5. The van der Waals surface area contributed by atoms with Crippen LogP contribution in [0.15, 0.2) is 40.0 Å². The first-order valence-corrected chi connectivity index (χ1v) is 5.78. The molecule has 2 heterocycles. The molecule has 3 N–H and O–H groups in total. The maximum atomic E-state index is 8.49. The lowest BCUT2D eigenvalue weighted by Crippen LogP contribution is -2.15. The van der Waals surface area contributed by atoms with Gasteiger partial charge in [0.25, 0.3) is 0 Å². The number of hydrogen-bond acceptors (Lipinski definition) is 7. The Morgan fingerprint density at radius 3 is 2.78 bits per heavy atom. The molecule has 0 spiro atoms. The van der Waals surface area contributed by atoms with Crippen molar-refractivity contribution in [3.8, 4) is 0 Å². The van der Waals surface area contributed by atoms with Gasteiger partial charge in [-0.05, 0) is 24.8 Å². The van der Waals surface area contributed by atoms with Gasteiger partial charge in [0.15, 0.2) is 11.0 Å². The smallest absolute Gasteiger partial charge is 0.194 e. The zero-order chi connectivity index (χ0) is 13.0. The second kappa shape index (κ2) is 5.41. The molecule has 0 aliphatic carbocycles. The Morgan fingerprint density at radius 2 is 2.17 bits per heavy atom. The molecule has 92 valence electrons. The Balaban J connectivity index is 2.16. The summed E-state index contributed by atoms with van der Waals surface area (Å²) >= 11 is 1.29. The van der Waals surface area contributed by atoms with Crippen LogP contribution in [-0.2, 0) is 0 Å². The summed E-state index contributed by atoms with van der Waals surface area (Å²) in [5.74, 6) is -0.0779. The van der Waals surface area contributed by atoms with Gasteiger partial charge in [-0.15, -0.1) is 0 Å². The van der Waals surface area contributed by atoms with E-state index < -0.39 is 0 Å². The van der Waals surface area contributed by atoms with E-state index in [4.69, 9.17) is 10.9 Å². The Morgan fingerprint density at radius 1 is 1.33 bits per heavy atom. The molecule has 2 aromatic rings. The zero-order valence-corrected chi connectivity index (χ0v) is 10.3. The SMILES string of the molecule is Cc1ccnc(Sc2cnc(C(N)=NO)cn2)n1. The van der Waals surface area contributed by atoms with Gasteiger partial charge >= 0.3 is 0 Å². The van der Waals surface area contributed by atoms with Crippen LogP contribution in [0, 0.1) is 6.92 Å². The van der Waals surface area contributed by atoms with E-state index >= 15 is 0 Å². The van der Waals surface area contributed by atoms with Gasteiger partial charge in [0.1, 0.15) is 10.7 Å². The first-order chi connectivity index (χ1) is 8.69. The average molecular weight is 262 g/mol. The Hall–Kier alpha value is -2.22. The number of aryl methyl sites for hydroxylation is 1. The Kier molecular flexibility index (Phi) is 3.68. The fraction of sp³-hybridized carbons (Fsp3) is 0.100. The van der Waals surface area contributed by atoms with Gasteiger partial charge in [0.2, 0.25) is 0 Å². The Labute approximate surface area is 107 Å². The molecule has 0 aliphatic heterocycles. The van der Waals surface area contributed by atoms with Gasteiger partial charge in [-0.25, -0.2) is 19.9 Å². The molecule has 0 atom stereocenters. The molecule has 0 radical (unpaired) electrons. The van der Waals surface area contributed by atoms with E-state index in [0.717, 1.165) is 5.69 Å². The number of oxime groups is 1. The van der Waals surface area contributed by atoms with Crippen LogP contribution in [0.5, 0.6) is 0 Å². The van der Waals surface area contributed by atoms with Crippen molar-refractivity contribution in [1.82, 2.24) is 19.9 Å². The summed E-state index contributed by atoms with van der Waals surface area (Å²) < 4.78 is 0. The van der Waals surface area contributed by atoms with E-state index in [9.17, 15) is 0 Å². The molecule has 2 aromatic heterocycles. The minimum Gasteiger partial charge on any atom is -0.409 e. The predicted molar refractivity (Wildman–Crippen MR) is 65.4 cm³/mol. The topological polar surface area (TPSA) is 110 Å². The summed E-state index contributed by atoms with van der Waals surface area (Å²) in [6, 6.07) is 1.82. The maximum absolute atomic E-state index is 8.49. The number of aromatic nitrogens is 4. The standard InChI is InChI=1S/C10H10N6OS/c1-6-2-3-12-10(15-6)18-8-5-13-7(4-14-8)9(11)16-17/h2-5,17H,1H3,(H2,11,16). The normalized spacial score (nSPS) is 11.5. The van der Waals surface area contributed by atoms with Crippen molar-refractivity contribution in [3.63, 3.8) is 0 Å². The highest BCUT2D eigenvalue weighted by Gasteiger charge is 2.05. The van der Waals surface area contributed by atoms with E-state index in [1.54, 1.807) is 6.20 Å². The number of amidine groups is 1. The quantitative estimate of drug-likeness (QED) is 0.277. The largest absolute Gasteiger partial charge is 0.409 e. The van der Waals surface area contributed by atoms with Crippen LogP contribution in [0.1, 0.15) is 11.4 Å². The molecule has 0 amide bonds. The van der Waals surface area contributed by atoms with Crippen molar-refractivity contribution in [1.29, 1.82) is 0 Å². The van der Waals surface area contributed by atoms with E-state index in [0.29, 0.717) is 15.9 Å². The summed E-state index contributed by atoms with van der Waals surface area (Å²) in [4.78, 5) is 16.5. The third-order valence-corrected chi connectivity index (χ3v) is 2.77.